The quantitative estimate of drug-likeness (QED) is 0.282. The third-order valence-electron chi connectivity index (χ3n) is 7.45. The molecular formula is C31H31ClN6O4. The first-order valence-corrected chi connectivity index (χ1v) is 13.8. The van der Waals surface area contributed by atoms with E-state index in [0.29, 0.717) is 51.7 Å². The van der Waals surface area contributed by atoms with Crippen LogP contribution >= 0.6 is 11.6 Å². The average molecular weight is 587 g/mol. The largest absolute Gasteiger partial charge is 0.380 e. The van der Waals surface area contributed by atoms with Gasteiger partial charge in [-0.3, -0.25) is 19.4 Å². The molecule has 0 fully saturated rings. The van der Waals surface area contributed by atoms with Crippen molar-refractivity contribution in [3.63, 3.8) is 0 Å². The summed E-state index contributed by atoms with van der Waals surface area (Å²) in [6, 6.07) is 12.5. The predicted octanol–water partition coefficient (Wildman–Crippen LogP) is 4.90. The van der Waals surface area contributed by atoms with Crippen molar-refractivity contribution in [1.82, 2.24) is 19.4 Å². The van der Waals surface area contributed by atoms with E-state index in [9.17, 15) is 14.4 Å². The summed E-state index contributed by atoms with van der Waals surface area (Å²) in [6.45, 7) is 3.67. The standard InChI is InChI=1S/C31H31ClN6O4/c1-18-21(7-5-9-23(18)35-30(40)25-13-19(17-42-4)20(16-39)14-33-25)22-8-6-10-24(28(22)32)36-31(41)29-34-26-15-37(2)12-11-27(26)38(29)3/h5-10,13-14,16H,11-12,15,17H2,1-4H3,(H,35,40)(H,36,41). The van der Waals surface area contributed by atoms with Crippen LogP contribution in [0.25, 0.3) is 11.1 Å². The number of carbonyl (C=O) groups excluding carboxylic acids is 3. The van der Waals surface area contributed by atoms with Gasteiger partial charge in [-0.25, -0.2) is 4.98 Å². The van der Waals surface area contributed by atoms with Gasteiger partial charge >= 0.3 is 0 Å². The molecule has 2 aromatic carbocycles. The van der Waals surface area contributed by atoms with Gasteiger partial charge in [0.25, 0.3) is 11.8 Å². The topological polar surface area (TPSA) is 118 Å². The predicted molar refractivity (Wildman–Crippen MR) is 161 cm³/mol. The molecule has 2 amide bonds. The first-order valence-electron chi connectivity index (χ1n) is 13.4. The Morgan fingerprint density at radius 2 is 1.79 bits per heavy atom. The normalized spacial score (nSPS) is 13.0. The van der Waals surface area contributed by atoms with E-state index in [1.54, 1.807) is 18.2 Å². The van der Waals surface area contributed by atoms with Crippen LogP contribution in [0.1, 0.15) is 54.0 Å². The van der Waals surface area contributed by atoms with E-state index in [1.165, 1.54) is 13.3 Å². The molecule has 4 aromatic rings. The number of aldehydes is 1. The number of rotatable bonds is 8. The molecule has 0 saturated heterocycles. The molecular weight excluding hydrogens is 556 g/mol. The molecule has 0 bridgehead atoms. The molecule has 2 aromatic heterocycles. The van der Waals surface area contributed by atoms with E-state index in [-0.39, 0.29) is 18.2 Å². The maximum absolute atomic E-state index is 13.3. The molecule has 2 N–H and O–H groups in total. The minimum atomic E-state index is -0.430. The molecule has 0 saturated carbocycles. The van der Waals surface area contributed by atoms with Crippen molar-refractivity contribution in [3.8, 4) is 11.1 Å². The second-order valence-electron chi connectivity index (χ2n) is 10.2. The third kappa shape index (κ3) is 5.69. The number of carbonyl (C=O) groups is 3. The summed E-state index contributed by atoms with van der Waals surface area (Å²) in [6.07, 6.45) is 2.87. The maximum Gasteiger partial charge on any atom is 0.291 e. The number of halogens is 1. The lowest BCUT2D eigenvalue weighted by Crippen LogP contribution is -2.27. The van der Waals surface area contributed by atoms with Crippen molar-refractivity contribution in [2.45, 2.75) is 26.5 Å². The molecule has 0 spiro atoms. The highest BCUT2D eigenvalue weighted by Gasteiger charge is 2.25. The van der Waals surface area contributed by atoms with Crippen LogP contribution in [-0.4, -0.2) is 58.2 Å². The summed E-state index contributed by atoms with van der Waals surface area (Å²) in [5.41, 5.74) is 6.35. The Bertz CT molecular complexity index is 1700. The number of aromatic nitrogens is 3. The van der Waals surface area contributed by atoms with E-state index >= 15 is 0 Å². The molecule has 11 heteroatoms. The van der Waals surface area contributed by atoms with Gasteiger partial charge in [0.05, 0.1) is 23.0 Å². The molecule has 5 rings (SSSR count). The lowest BCUT2D eigenvalue weighted by Gasteiger charge is -2.21. The van der Waals surface area contributed by atoms with Gasteiger partial charge in [-0.1, -0.05) is 35.9 Å². The van der Waals surface area contributed by atoms with Crippen molar-refractivity contribution in [2.75, 3.05) is 31.3 Å². The Labute approximate surface area is 248 Å². The van der Waals surface area contributed by atoms with Crippen molar-refractivity contribution in [1.29, 1.82) is 0 Å². The fraction of sp³-hybridized carbons (Fsp3) is 0.258. The van der Waals surface area contributed by atoms with Crippen LogP contribution in [0.2, 0.25) is 5.02 Å². The number of ether oxygens (including phenoxy) is 1. The molecule has 42 heavy (non-hydrogen) atoms. The number of hydrogen-bond donors (Lipinski definition) is 2. The second-order valence-corrected chi connectivity index (χ2v) is 10.6. The van der Waals surface area contributed by atoms with Crippen molar-refractivity contribution < 1.29 is 19.1 Å². The van der Waals surface area contributed by atoms with E-state index < -0.39 is 5.91 Å². The number of hydrogen-bond acceptors (Lipinski definition) is 7. The Hall–Kier alpha value is -4.38. The molecule has 0 aliphatic carbocycles. The summed E-state index contributed by atoms with van der Waals surface area (Å²) >= 11 is 6.85. The van der Waals surface area contributed by atoms with Crippen LogP contribution in [0.15, 0.2) is 48.7 Å². The first-order chi connectivity index (χ1) is 20.2. The molecule has 10 nitrogen and oxygen atoms in total. The van der Waals surface area contributed by atoms with Gasteiger partial charge in [0.15, 0.2) is 12.1 Å². The zero-order valence-corrected chi connectivity index (χ0v) is 24.6. The minimum absolute atomic E-state index is 0.155. The fourth-order valence-electron chi connectivity index (χ4n) is 5.14. The molecule has 216 valence electrons. The van der Waals surface area contributed by atoms with Crippen LogP contribution in [0.3, 0.4) is 0 Å². The summed E-state index contributed by atoms with van der Waals surface area (Å²) in [7, 11) is 5.41. The maximum atomic E-state index is 13.3. The Balaban J connectivity index is 1.39. The van der Waals surface area contributed by atoms with Gasteiger partial charge in [0.2, 0.25) is 0 Å². The lowest BCUT2D eigenvalue weighted by atomic mass is 9.98. The number of pyridine rings is 1. The zero-order chi connectivity index (χ0) is 30.0. The minimum Gasteiger partial charge on any atom is -0.380 e. The Kier molecular flexibility index (Phi) is 8.49. The molecule has 1 aliphatic heterocycles. The van der Waals surface area contributed by atoms with E-state index in [4.69, 9.17) is 16.3 Å². The number of benzene rings is 2. The number of nitrogens with one attached hydrogen (secondary N) is 2. The third-order valence-corrected chi connectivity index (χ3v) is 7.86. The number of fused-ring (bicyclic) bond motifs is 1. The monoisotopic (exact) mass is 586 g/mol. The number of likely N-dealkylation sites (N-methyl/N-ethyl adjacent to an activating group) is 1. The van der Waals surface area contributed by atoms with Gasteiger partial charge in [0, 0.05) is 62.4 Å². The highest BCUT2D eigenvalue weighted by atomic mass is 35.5. The fourth-order valence-corrected chi connectivity index (χ4v) is 5.42. The number of methoxy groups -OCH3 is 1. The number of amides is 2. The number of anilines is 2. The lowest BCUT2D eigenvalue weighted by molar-refractivity contribution is 0.100. The van der Waals surface area contributed by atoms with Gasteiger partial charge in [-0.15, -0.1) is 0 Å². The van der Waals surface area contributed by atoms with Gasteiger partial charge in [-0.05, 0) is 48.9 Å². The van der Waals surface area contributed by atoms with Crippen LogP contribution in [0, 0.1) is 6.92 Å². The molecule has 1 aliphatic rings. The molecule has 3 heterocycles. The number of nitrogens with zero attached hydrogens (tertiary/aromatic N) is 4. The smallest absolute Gasteiger partial charge is 0.291 e. The van der Waals surface area contributed by atoms with E-state index in [1.807, 2.05) is 49.9 Å². The van der Waals surface area contributed by atoms with Gasteiger partial charge in [-0.2, -0.15) is 0 Å². The highest BCUT2D eigenvalue weighted by molar-refractivity contribution is 6.36. The van der Waals surface area contributed by atoms with Gasteiger partial charge in [0.1, 0.15) is 5.69 Å². The van der Waals surface area contributed by atoms with Crippen molar-refractivity contribution in [3.05, 3.63) is 93.3 Å². The number of imidazole rings is 1. The summed E-state index contributed by atoms with van der Waals surface area (Å²) in [5.74, 6) is -0.436. The van der Waals surface area contributed by atoms with Crippen LogP contribution in [0.4, 0.5) is 11.4 Å². The molecule has 0 atom stereocenters. The average Bonchev–Trinajstić information content (AvgIpc) is 3.30. The molecule has 0 radical (unpaired) electrons. The summed E-state index contributed by atoms with van der Waals surface area (Å²) in [4.78, 5) is 48.6. The van der Waals surface area contributed by atoms with Crippen molar-refractivity contribution in [2.24, 2.45) is 7.05 Å². The zero-order valence-electron chi connectivity index (χ0n) is 23.8. The van der Waals surface area contributed by atoms with Crippen LogP contribution in [-0.2, 0) is 31.4 Å². The van der Waals surface area contributed by atoms with Crippen LogP contribution < -0.4 is 10.6 Å². The Morgan fingerprint density at radius 1 is 1.07 bits per heavy atom. The van der Waals surface area contributed by atoms with E-state index in [0.717, 1.165) is 35.5 Å². The van der Waals surface area contributed by atoms with Crippen molar-refractivity contribution >= 4 is 41.1 Å². The Morgan fingerprint density at radius 3 is 2.52 bits per heavy atom. The summed E-state index contributed by atoms with van der Waals surface area (Å²) < 4.78 is 6.99. The van der Waals surface area contributed by atoms with Gasteiger partial charge < -0.3 is 24.8 Å². The first kappa shape index (κ1) is 29.1. The highest BCUT2D eigenvalue weighted by Crippen LogP contribution is 2.37. The SMILES string of the molecule is COCc1cc(C(=O)Nc2cccc(-c3cccc(NC(=O)c4nc5c(n4C)CCN(C)C5)c3Cl)c2C)ncc1C=O. The summed E-state index contributed by atoms with van der Waals surface area (Å²) in [5, 5.41) is 6.20. The van der Waals surface area contributed by atoms with Crippen LogP contribution in [0.5, 0.6) is 0 Å². The van der Waals surface area contributed by atoms with E-state index in [2.05, 4.69) is 25.5 Å². The molecule has 0 unspecified atom stereocenters. The second kappa shape index (κ2) is 12.2.